The Hall–Kier alpha value is -6.87. The first-order chi connectivity index (χ1) is 31.0. The van der Waals surface area contributed by atoms with Gasteiger partial charge in [-0.1, -0.05) is 140 Å². The van der Waals surface area contributed by atoms with Crippen molar-refractivity contribution in [2.75, 3.05) is 9.80 Å². The number of allylic oxidation sites excluding steroid dienone is 4. The molecule has 5 heteroatoms. The van der Waals surface area contributed by atoms with Crippen LogP contribution in [-0.4, -0.2) is 17.4 Å². The molecule has 0 aliphatic heterocycles. The second-order valence-corrected chi connectivity index (χ2v) is 17.3. The summed E-state index contributed by atoms with van der Waals surface area (Å²) in [6.45, 7) is 0. The van der Waals surface area contributed by atoms with Gasteiger partial charge in [-0.05, 0) is 138 Å². The van der Waals surface area contributed by atoms with Gasteiger partial charge in [-0.3, -0.25) is 9.59 Å². The zero-order chi connectivity index (χ0) is 42.7. The fraction of sp³-hybridized carbons (Fsp3) is 0.155. The van der Waals surface area contributed by atoms with Gasteiger partial charge in [0, 0.05) is 57.6 Å². The molecule has 63 heavy (non-hydrogen) atoms. The quantitative estimate of drug-likeness (QED) is 0.129. The van der Waals surface area contributed by atoms with Gasteiger partial charge < -0.3 is 9.80 Å². The molecule has 0 N–H and O–H groups in total. The van der Waals surface area contributed by atoms with Crippen molar-refractivity contribution in [3.63, 3.8) is 0 Å². The standard InChI is InChI=1S/C58H49N2O2P/c61-57-37-47-36-52(59(49-26-18-44(19-27-49)41-10-4-1-5-11-41)50-28-20-45(21-29-50)42-12-6-2-7-13-42)32-34-54(47)58(62)56-38-53(33-35-55(56)57)60(48-24-16-40(39-63)17-25-48)51-30-22-46(23-31-51)43-14-8-3-9-15-43/h1-21,24-30,33,35-36,38-39,46-47,54,63H,22-23,31-32,34,37H2. The van der Waals surface area contributed by atoms with Crippen molar-refractivity contribution in [1.82, 2.24) is 0 Å². The van der Waals surface area contributed by atoms with Crippen LogP contribution in [0.3, 0.4) is 0 Å². The molecule has 7 aromatic carbocycles. The van der Waals surface area contributed by atoms with Crippen molar-refractivity contribution < 1.29 is 9.59 Å². The second kappa shape index (κ2) is 17.8. The second-order valence-electron chi connectivity index (χ2n) is 17.0. The van der Waals surface area contributed by atoms with E-state index in [9.17, 15) is 9.59 Å². The van der Waals surface area contributed by atoms with E-state index in [0.29, 0.717) is 36.3 Å². The Labute approximate surface area is 373 Å². The molecule has 7 aromatic rings. The average molecular weight is 837 g/mol. The van der Waals surface area contributed by atoms with Crippen molar-refractivity contribution in [1.29, 1.82) is 0 Å². The third kappa shape index (κ3) is 8.28. The summed E-state index contributed by atoms with van der Waals surface area (Å²) in [6.07, 6.45) is 9.12. The fourth-order valence-electron chi connectivity index (χ4n) is 9.92. The van der Waals surface area contributed by atoms with Gasteiger partial charge in [0.25, 0.3) is 0 Å². The Kier molecular flexibility index (Phi) is 11.4. The number of carbonyl (C=O) groups is 2. The normalized spacial score (nSPS) is 18.3. The van der Waals surface area contributed by atoms with E-state index in [0.717, 1.165) is 64.4 Å². The summed E-state index contributed by atoms with van der Waals surface area (Å²) in [7, 11) is 3.54. The van der Waals surface area contributed by atoms with Gasteiger partial charge in [0.15, 0.2) is 11.6 Å². The van der Waals surface area contributed by atoms with Crippen LogP contribution in [0.25, 0.3) is 22.3 Å². The van der Waals surface area contributed by atoms with Gasteiger partial charge >= 0.3 is 0 Å². The number of Topliss-reactive ketones (excluding diaryl/α,β-unsaturated/α-hetero) is 2. The molecular formula is C58H49N2O2P. The molecule has 3 atom stereocenters. The van der Waals surface area contributed by atoms with E-state index in [1.807, 2.05) is 36.1 Å². The summed E-state index contributed by atoms with van der Waals surface area (Å²) in [6, 6.07) is 63.5. The highest BCUT2D eigenvalue weighted by atomic mass is 31.0. The third-order valence-corrected chi connectivity index (χ3v) is 13.6. The summed E-state index contributed by atoms with van der Waals surface area (Å²) >= 11 is 0. The molecule has 3 aliphatic rings. The van der Waals surface area contributed by atoms with E-state index >= 15 is 0 Å². The first-order valence-corrected chi connectivity index (χ1v) is 22.8. The minimum Gasteiger partial charge on any atom is -0.315 e. The lowest BCUT2D eigenvalue weighted by Crippen LogP contribution is -2.29. The Bertz CT molecular complexity index is 2750. The van der Waals surface area contributed by atoms with Gasteiger partial charge in [0.05, 0.1) is 0 Å². The van der Waals surface area contributed by atoms with E-state index in [2.05, 4.69) is 182 Å². The van der Waals surface area contributed by atoms with Gasteiger partial charge in [0.1, 0.15) is 0 Å². The molecule has 308 valence electrons. The summed E-state index contributed by atoms with van der Waals surface area (Å²) in [5.41, 5.74) is 14.5. The van der Waals surface area contributed by atoms with E-state index in [1.54, 1.807) is 0 Å². The number of anilines is 4. The Morgan fingerprint density at radius 1 is 0.508 bits per heavy atom. The van der Waals surface area contributed by atoms with Crippen LogP contribution in [0.15, 0.2) is 206 Å². The number of hydrogen-bond acceptors (Lipinski definition) is 4. The molecule has 0 fully saturated rings. The highest BCUT2D eigenvalue weighted by molar-refractivity contribution is 7.19. The number of benzene rings is 7. The maximum atomic E-state index is 14.9. The summed E-state index contributed by atoms with van der Waals surface area (Å²) in [4.78, 5) is 33.9. The molecule has 0 heterocycles. The Balaban J connectivity index is 0.982. The smallest absolute Gasteiger partial charge is 0.167 e. The minimum absolute atomic E-state index is 0.0204. The first-order valence-electron chi connectivity index (χ1n) is 22.2. The van der Waals surface area contributed by atoms with Crippen LogP contribution in [0, 0.1) is 11.8 Å². The topological polar surface area (TPSA) is 40.6 Å². The summed E-state index contributed by atoms with van der Waals surface area (Å²) in [5, 5.41) is 0. The van der Waals surface area contributed by atoms with E-state index in [1.165, 1.54) is 22.4 Å². The molecular weight excluding hydrogens is 788 g/mol. The van der Waals surface area contributed by atoms with Crippen LogP contribution in [0.2, 0.25) is 0 Å². The molecule has 0 bridgehead atoms. The maximum Gasteiger partial charge on any atom is 0.167 e. The number of fused-ring (bicyclic) bond motifs is 2. The van der Waals surface area contributed by atoms with E-state index in [4.69, 9.17) is 0 Å². The molecule has 0 aromatic heterocycles. The lowest BCUT2D eigenvalue weighted by molar-refractivity contribution is 0.0869. The fourth-order valence-corrected chi connectivity index (χ4v) is 10.1. The molecule has 0 saturated heterocycles. The van der Waals surface area contributed by atoms with Crippen molar-refractivity contribution in [2.45, 2.75) is 44.4 Å². The highest BCUT2D eigenvalue weighted by Crippen LogP contribution is 2.45. The number of rotatable bonds is 10. The maximum absolute atomic E-state index is 14.9. The van der Waals surface area contributed by atoms with Crippen molar-refractivity contribution >= 4 is 49.0 Å². The van der Waals surface area contributed by atoms with Crippen LogP contribution in [0.5, 0.6) is 0 Å². The molecule has 0 amide bonds. The average Bonchev–Trinajstić information content (AvgIpc) is 3.45. The van der Waals surface area contributed by atoms with Gasteiger partial charge in [-0.25, -0.2) is 0 Å². The van der Waals surface area contributed by atoms with Crippen LogP contribution in [0.1, 0.15) is 76.3 Å². The Morgan fingerprint density at radius 3 is 1.57 bits per heavy atom. The number of carbonyl (C=O) groups excluding carboxylic acids is 2. The summed E-state index contributed by atoms with van der Waals surface area (Å²) < 4.78 is 0. The lowest BCUT2D eigenvalue weighted by atomic mass is 9.77. The molecule has 10 rings (SSSR count). The van der Waals surface area contributed by atoms with Gasteiger partial charge in [0.2, 0.25) is 0 Å². The number of hydrogen-bond donors (Lipinski definition) is 0. The van der Waals surface area contributed by atoms with E-state index in [-0.39, 0.29) is 23.4 Å². The molecule has 0 spiro atoms. The SMILES string of the molecule is O=C1CC2C=C(N(c3ccc(-c4ccccc4)cc3)c3ccc(-c4ccccc4)cc3)CCC2C(=O)c2cc(N(C3=CCC(c4ccccc4)CC3)c3ccc(C=P)cc3)ccc21. The molecule has 0 radical (unpaired) electrons. The largest absolute Gasteiger partial charge is 0.315 e. The minimum atomic E-state index is -0.292. The van der Waals surface area contributed by atoms with Crippen LogP contribution >= 0.6 is 8.86 Å². The molecule has 0 saturated carbocycles. The van der Waals surface area contributed by atoms with E-state index < -0.39 is 0 Å². The highest BCUT2D eigenvalue weighted by Gasteiger charge is 2.39. The number of nitrogens with zero attached hydrogens (tertiary/aromatic N) is 2. The van der Waals surface area contributed by atoms with Gasteiger partial charge in [-0.2, -0.15) is 0 Å². The zero-order valence-electron chi connectivity index (χ0n) is 35.2. The van der Waals surface area contributed by atoms with Crippen LogP contribution in [-0.2, 0) is 0 Å². The molecule has 4 nitrogen and oxygen atoms in total. The number of ketones is 2. The zero-order valence-corrected chi connectivity index (χ0v) is 36.2. The third-order valence-electron chi connectivity index (χ3n) is 13.2. The molecule has 3 unspecified atom stereocenters. The van der Waals surface area contributed by atoms with Crippen molar-refractivity contribution in [3.05, 3.63) is 228 Å². The predicted molar refractivity (Wildman–Crippen MR) is 263 cm³/mol. The summed E-state index contributed by atoms with van der Waals surface area (Å²) in [5.74, 6) is 1.95. The Morgan fingerprint density at radius 2 is 1.02 bits per heavy atom. The first kappa shape index (κ1) is 40.2. The van der Waals surface area contributed by atoms with Gasteiger partial charge in [-0.15, -0.1) is 8.86 Å². The predicted octanol–water partition coefficient (Wildman–Crippen LogP) is 14.8. The van der Waals surface area contributed by atoms with Crippen LogP contribution in [0.4, 0.5) is 22.7 Å². The molecule has 3 aliphatic carbocycles. The lowest BCUT2D eigenvalue weighted by Gasteiger charge is -2.35. The van der Waals surface area contributed by atoms with Crippen LogP contribution < -0.4 is 9.80 Å². The van der Waals surface area contributed by atoms with Crippen molar-refractivity contribution in [3.8, 4) is 22.3 Å². The van der Waals surface area contributed by atoms with Crippen molar-refractivity contribution in [2.24, 2.45) is 11.8 Å². The monoisotopic (exact) mass is 836 g/mol.